The summed E-state index contributed by atoms with van der Waals surface area (Å²) < 4.78 is 0. The van der Waals surface area contributed by atoms with E-state index in [-0.39, 0.29) is 5.95 Å². The molecule has 0 amide bonds. The SMILES string of the molecule is Nc1nc(N)c2nc(CCc3ccccc3)ccc2n1. The third-order valence-corrected chi connectivity index (χ3v) is 3.16. The molecule has 3 rings (SSSR count). The van der Waals surface area contributed by atoms with Crippen LogP contribution in [0.3, 0.4) is 0 Å². The number of nitrogens with two attached hydrogens (primary N) is 2. The molecule has 0 fully saturated rings. The van der Waals surface area contributed by atoms with E-state index in [0.717, 1.165) is 18.5 Å². The zero-order valence-corrected chi connectivity index (χ0v) is 11.0. The number of anilines is 2. The Morgan fingerprint density at radius 3 is 2.40 bits per heavy atom. The highest BCUT2D eigenvalue weighted by atomic mass is 15.0. The highest BCUT2D eigenvalue weighted by Gasteiger charge is 2.06. The largest absolute Gasteiger partial charge is 0.382 e. The molecule has 4 N–H and O–H groups in total. The number of nitrogens with zero attached hydrogens (tertiary/aromatic N) is 3. The van der Waals surface area contributed by atoms with Gasteiger partial charge < -0.3 is 11.5 Å². The molecule has 1 aromatic carbocycles. The molecule has 0 spiro atoms. The Labute approximate surface area is 116 Å². The van der Waals surface area contributed by atoms with Gasteiger partial charge in [0.25, 0.3) is 0 Å². The fraction of sp³-hybridized carbons (Fsp3) is 0.133. The predicted molar refractivity (Wildman–Crippen MR) is 80.0 cm³/mol. The molecule has 0 radical (unpaired) electrons. The molecule has 0 aliphatic rings. The number of benzene rings is 1. The van der Waals surface area contributed by atoms with Gasteiger partial charge >= 0.3 is 0 Å². The second-order valence-corrected chi connectivity index (χ2v) is 4.62. The van der Waals surface area contributed by atoms with E-state index in [4.69, 9.17) is 11.5 Å². The average molecular weight is 265 g/mol. The highest BCUT2D eigenvalue weighted by Crippen LogP contribution is 2.17. The molecule has 0 bridgehead atoms. The van der Waals surface area contributed by atoms with Crippen molar-refractivity contribution < 1.29 is 0 Å². The first-order valence-corrected chi connectivity index (χ1v) is 6.45. The number of fused-ring (bicyclic) bond motifs is 1. The van der Waals surface area contributed by atoms with Crippen LogP contribution in [0.5, 0.6) is 0 Å². The third kappa shape index (κ3) is 2.51. The first kappa shape index (κ1) is 12.3. The van der Waals surface area contributed by atoms with Gasteiger partial charge in [-0.2, -0.15) is 4.98 Å². The normalized spacial score (nSPS) is 10.8. The van der Waals surface area contributed by atoms with E-state index in [9.17, 15) is 0 Å². The number of nitrogen functional groups attached to an aromatic ring is 2. The van der Waals surface area contributed by atoms with Crippen molar-refractivity contribution in [3.63, 3.8) is 0 Å². The lowest BCUT2D eigenvalue weighted by Crippen LogP contribution is -2.03. The van der Waals surface area contributed by atoms with Crippen molar-refractivity contribution in [1.29, 1.82) is 0 Å². The van der Waals surface area contributed by atoms with Crippen LogP contribution in [-0.2, 0) is 12.8 Å². The Bertz CT molecular complexity index is 740. The molecule has 0 atom stereocenters. The second kappa shape index (κ2) is 5.13. The highest BCUT2D eigenvalue weighted by molar-refractivity contribution is 5.84. The van der Waals surface area contributed by atoms with Gasteiger partial charge in [0.05, 0.1) is 5.52 Å². The first-order valence-electron chi connectivity index (χ1n) is 6.45. The zero-order chi connectivity index (χ0) is 13.9. The van der Waals surface area contributed by atoms with Gasteiger partial charge in [-0.3, -0.25) is 0 Å². The summed E-state index contributed by atoms with van der Waals surface area (Å²) in [5, 5.41) is 0. The number of aryl methyl sites for hydroxylation is 2. The average Bonchev–Trinajstić information content (AvgIpc) is 2.46. The van der Waals surface area contributed by atoms with Gasteiger partial charge in [-0.15, -0.1) is 0 Å². The topological polar surface area (TPSA) is 90.7 Å². The molecule has 100 valence electrons. The monoisotopic (exact) mass is 265 g/mol. The van der Waals surface area contributed by atoms with Crippen LogP contribution in [0.4, 0.5) is 11.8 Å². The molecule has 0 aliphatic carbocycles. The minimum atomic E-state index is 0.175. The molecule has 0 unspecified atom stereocenters. The molecule has 3 aromatic rings. The van der Waals surface area contributed by atoms with Crippen molar-refractivity contribution in [2.24, 2.45) is 0 Å². The number of rotatable bonds is 3. The molecular weight excluding hydrogens is 250 g/mol. The van der Waals surface area contributed by atoms with Gasteiger partial charge in [0.1, 0.15) is 5.52 Å². The maximum absolute atomic E-state index is 5.84. The molecule has 2 heterocycles. The lowest BCUT2D eigenvalue weighted by Gasteiger charge is -2.05. The lowest BCUT2D eigenvalue weighted by atomic mass is 10.1. The van der Waals surface area contributed by atoms with E-state index < -0.39 is 0 Å². The van der Waals surface area contributed by atoms with Crippen molar-refractivity contribution >= 4 is 22.8 Å². The summed E-state index contributed by atoms with van der Waals surface area (Å²) in [6.45, 7) is 0. The number of hydrogen-bond donors (Lipinski definition) is 2. The van der Waals surface area contributed by atoms with Crippen LogP contribution in [0.1, 0.15) is 11.3 Å². The Morgan fingerprint density at radius 2 is 1.60 bits per heavy atom. The zero-order valence-electron chi connectivity index (χ0n) is 11.0. The van der Waals surface area contributed by atoms with Crippen LogP contribution < -0.4 is 11.5 Å². The van der Waals surface area contributed by atoms with Crippen LogP contribution in [-0.4, -0.2) is 15.0 Å². The van der Waals surface area contributed by atoms with Gasteiger partial charge in [-0.05, 0) is 30.5 Å². The smallest absolute Gasteiger partial charge is 0.222 e. The predicted octanol–water partition coefficient (Wildman–Crippen LogP) is 1.97. The van der Waals surface area contributed by atoms with Gasteiger partial charge in [0, 0.05) is 5.69 Å². The van der Waals surface area contributed by atoms with Crippen molar-refractivity contribution in [3.05, 3.63) is 53.7 Å². The molecule has 2 aromatic heterocycles. The Balaban J connectivity index is 1.86. The summed E-state index contributed by atoms with van der Waals surface area (Å²) in [5.41, 5.74) is 15.0. The van der Waals surface area contributed by atoms with E-state index in [1.54, 1.807) is 0 Å². The Hall–Kier alpha value is -2.69. The molecular formula is C15H15N5. The summed E-state index contributed by atoms with van der Waals surface area (Å²) in [6.07, 6.45) is 1.79. The second-order valence-electron chi connectivity index (χ2n) is 4.62. The third-order valence-electron chi connectivity index (χ3n) is 3.16. The minimum absolute atomic E-state index is 0.175. The van der Waals surface area contributed by atoms with E-state index in [0.29, 0.717) is 16.9 Å². The van der Waals surface area contributed by atoms with Crippen LogP contribution in [0.2, 0.25) is 0 Å². The van der Waals surface area contributed by atoms with Crippen LogP contribution >= 0.6 is 0 Å². The lowest BCUT2D eigenvalue weighted by molar-refractivity contribution is 0.921. The van der Waals surface area contributed by atoms with Gasteiger partial charge in [-0.1, -0.05) is 30.3 Å². The number of hydrogen-bond acceptors (Lipinski definition) is 5. The summed E-state index contributed by atoms with van der Waals surface area (Å²) in [7, 11) is 0. The van der Waals surface area contributed by atoms with Crippen LogP contribution in [0, 0.1) is 0 Å². The number of aromatic nitrogens is 3. The minimum Gasteiger partial charge on any atom is -0.382 e. The van der Waals surface area contributed by atoms with Crippen molar-refractivity contribution in [1.82, 2.24) is 15.0 Å². The van der Waals surface area contributed by atoms with Crippen LogP contribution in [0.25, 0.3) is 11.0 Å². The molecule has 0 aliphatic heterocycles. The Morgan fingerprint density at radius 1 is 0.800 bits per heavy atom. The van der Waals surface area contributed by atoms with Gasteiger partial charge in [-0.25, -0.2) is 9.97 Å². The maximum atomic E-state index is 5.84. The fourth-order valence-electron chi connectivity index (χ4n) is 2.15. The summed E-state index contributed by atoms with van der Waals surface area (Å²) in [5.74, 6) is 0.503. The summed E-state index contributed by atoms with van der Waals surface area (Å²) >= 11 is 0. The first-order chi connectivity index (χ1) is 9.72. The summed E-state index contributed by atoms with van der Waals surface area (Å²) in [4.78, 5) is 12.6. The Kier molecular flexibility index (Phi) is 3.16. The van der Waals surface area contributed by atoms with E-state index in [1.807, 2.05) is 30.3 Å². The summed E-state index contributed by atoms with van der Waals surface area (Å²) in [6, 6.07) is 14.2. The number of pyridine rings is 1. The van der Waals surface area contributed by atoms with Gasteiger partial charge in [0.15, 0.2) is 5.82 Å². The van der Waals surface area contributed by atoms with Crippen molar-refractivity contribution in [2.75, 3.05) is 11.5 Å². The standard InChI is InChI=1S/C15H15N5/c16-14-13-12(19-15(17)20-14)9-8-11(18-13)7-6-10-4-2-1-3-5-10/h1-5,8-9H,6-7H2,(H4,16,17,19,20). The van der Waals surface area contributed by atoms with Crippen molar-refractivity contribution in [3.8, 4) is 0 Å². The van der Waals surface area contributed by atoms with Crippen LogP contribution in [0.15, 0.2) is 42.5 Å². The molecule has 5 heteroatoms. The van der Waals surface area contributed by atoms with Crippen molar-refractivity contribution in [2.45, 2.75) is 12.8 Å². The quantitative estimate of drug-likeness (QED) is 0.755. The van der Waals surface area contributed by atoms with E-state index in [2.05, 4.69) is 27.1 Å². The maximum Gasteiger partial charge on any atom is 0.222 e. The van der Waals surface area contributed by atoms with E-state index in [1.165, 1.54) is 5.56 Å². The molecule has 20 heavy (non-hydrogen) atoms. The van der Waals surface area contributed by atoms with Gasteiger partial charge in [0.2, 0.25) is 5.95 Å². The molecule has 5 nitrogen and oxygen atoms in total. The molecule has 0 saturated carbocycles. The fourth-order valence-corrected chi connectivity index (χ4v) is 2.15. The molecule has 0 saturated heterocycles. The van der Waals surface area contributed by atoms with E-state index >= 15 is 0 Å².